The van der Waals surface area contributed by atoms with Gasteiger partial charge in [-0.3, -0.25) is 24.4 Å². The zero-order chi connectivity index (χ0) is 24.7. The van der Waals surface area contributed by atoms with Gasteiger partial charge < -0.3 is 0 Å². The van der Waals surface area contributed by atoms with Crippen LogP contribution in [-0.2, 0) is 16.0 Å². The van der Waals surface area contributed by atoms with E-state index in [4.69, 9.17) is 11.6 Å². The van der Waals surface area contributed by atoms with E-state index in [-0.39, 0.29) is 29.3 Å². The van der Waals surface area contributed by atoms with E-state index in [2.05, 4.69) is 5.10 Å². The van der Waals surface area contributed by atoms with E-state index in [9.17, 15) is 14.4 Å². The van der Waals surface area contributed by atoms with E-state index in [0.717, 1.165) is 11.1 Å². The highest BCUT2D eigenvalue weighted by Gasteiger charge is 2.47. The van der Waals surface area contributed by atoms with Crippen LogP contribution in [0.1, 0.15) is 43.2 Å². The molecule has 34 heavy (non-hydrogen) atoms. The lowest BCUT2D eigenvalue weighted by atomic mass is 10.0. The lowest BCUT2D eigenvalue weighted by Gasteiger charge is -2.16. The van der Waals surface area contributed by atoms with Crippen molar-refractivity contribution in [2.75, 3.05) is 6.54 Å². The fourth-order valence-electron chi connectivity index (χ4n) is 4.17. The molecule has 2 aromatic heterocycles. The summed E-state index contributed by atoms with van der Waals surface area (Å²) >= 11 is 6.15. The van der Waals surface area contributed by atoms with Crippen LogP contribution in [0.2, 0.25) is 5.02 Å². The smallest absolute Gasteiger partial charge is 0.294 e. The molecule has 1 N–H and O–H groups in total. The second kappa shape index (κ2) is 9.06. The predicted octanol–water partition coefficient (Wildman–Crippen LogP) is 3.68. The van der Waals surface area contributed by atoms with Crippen LogP contribution < -0.4 is 10.1 Å². The van der Waals surface area contributed by atoms with Crippen LogP contribution in [-0.4, -0.2) is 33.0 Å². The average molecular weight is 480 g/mol. The number of hydrogen-bond acceptors (Lipinski definition) is 3. The number of hydrogen-bond donors (Lipinski definition) is 1. The minimum atomic E-state index is -0.455. The standard InChI is InChI=1S/C26H27ClN4O3/c1-6-20-21(25(33)31(28-20)19-9-7-8-18(27)12-19)22-23(29-11-10-16(4)17(5)14-29)26(34)30(24(22)32)13-15(2)3/h7-12,14-15H,6,13H2,1-5H3/p+1. The number of aryl methyl sites for hydroxylation is 3. The Bertz CT molecular complexity index is 1400. The van der Waals surface area contributed by atoms with Gasteiger partial charge in [-0.05, 0) is 49.9 Å². The molecule has 0 saturated heterocycles. The van der Waals surface area contributed by atoms with Crippen molar-refractivity contribution in [3.05, 3.63) is 80.5 Å². The summed E-state index contributed by atoms with van der Waals surface area (Å²) in [5.41, 5.74) is 3.29. The van der Waals surface area contributed by atoms with Gasteiger partial charge in [0.05, 0.1) is 11.3 Å². The second-order valence-corrected chi connectivity index (χ2v) is 9.43. The Morgan fingerprint density at radius 1 is 1.06 bits per heavy atom. The van der Waals surface area contributed by atoms with Crippen LogP contribution in [0.4, 0.5) is 0 Å². The highest BCUT2D eigenvalue weighted by atomic mass is 35.5. The molecule has 0 atom stereocenters. The molecule has 0 unspecified atom stereocenters. The number of carbonyl (C=O) groups is 2. The molecule has 3 aromatic rings. The molecule has 0 spiro atoms. The number of rotatable bonds is 6. The number of amides is 2. The van der Waals surface area contributed by atoms with E-state index >= 15 is 0 Å². The number of benzene rings is 1. The van der Waals surface area contributed by atoms with Gasteiger partial charge in [0.2, 0.25) is 0 Å². The van der Waals surface area contributed by atoms with Crippen LogP contribution in [0, 0.1) is 19.8 Å². The molecular weight excluding hydrogens is 452 g/mol. The number of halogens is 1. The van der Waals surface area contributed by atoms with Crippen LogP contribution in [0.15, 0.2) is 47.5 Å². The minimum Gasteiger partial charge on any atom is -0.294 e. The number of nitrogens with zero attached hydrogens (tertiary/aromatic N) is 3. The third-order valence-corrected chi connectivity index (χ3v) is 6.26. The Hall–Kier alpha value is -3.45. The molecule has 2 amide bonds. The number of aromatic amines is 1. The maximum atomic E-state index is 13.7. The molecule has 4 rings (SSSR count). The zero-order valence-corrected chi connectivity index (χ0v) is 20.7. The van der Waals surface area contributed by atoms with Gasteiger partial charge in [0, 0.05) is 28.9 Å². The lowest BCUT2D eigenvalue weighted by Crippen LogP contribution is -2.41. The van der Waals surface area contributed by atoms with Crippen molar-refractivity contribution < 1.29 is 14.2 Å². The predicted molar refractivity (Wildman–Crippen MR) is 132 cm³/mol. The molecule has 0 radical (unpaired) electrons. The number of nitrogens with one attached hydrogen (secondary N) is 1. The van der Waals surface area contributed by atoms with Gasteiger partial charge in [0.1, 0.15) is 5.57 Å². The molecule has 3 heterocycles. The van der Waals surface area contributed by atoms with Crippen LogP contribution >= 0.6 is 11.6 Å². The summed E-state index contributed by atoms with van der Waals surface area (Å²) in [7, 11) is 0. The lowest BCUT2D eigenvalue weighted by molar-refractivity contribution is -0.577. The summed E-state index contributed by atoms with van der Waals surface area (Å²) in [6.45, 7) is 9.98. The van der Waals surface area contributed by atoms with E-state index in [0.29, 0.717) is 22.8 Å². The van der Waals surface area contributed by atoms with Gasteiger partial charge in [-0.2, -0.15) is 4.57 Å². The van der Waals surface area contributed by atoms with Gasteiger partial charge in [-0.15, -0.1) is 0 Å². The molecule has 1 aromatic carbocycles. The Balaban J connectivity index is 2.01. The fourth-order valence-corrected chi connectivity index (χ4v) is 4.35. The molecule has 8 heteroatoms. The minimum absolute atomic E-state index is 0.0817. The largest absolute Gasteiger partial charge is 0.326 e. The highest BCUT2D eigenvalue weighted by molar-refractivity contribution is 6.44. The second-order valence-electron chi connectivity index (χ2n) is 9.00. The number of pyridine rings is 1. The number of H-pyrrole nitrogens is 1. The molecule has 7 nitrogen and oxygen atoms in total. The average Bonchev–Trinajstić information content (AvgIpc) is 3.23. The van der Waals surface area contributed by atoms with Gasteiger partial charge in [-0.1, -0.05) is 38.4 Å². The molecule has 0 bridgehead atoms. The Labute approximate surface area is 203 Å². The monoisotopic (exact) mass is 479 g/mol. The SMILES string of the molecule is CCc1[nH]n(-c2cccc(Cl)c2)c(=O)c1C1=C([n+]2ccc(C)c(C)c2)C(=O)N(CC(C)C)C1=O. The van der Waals surface area contributed by atoms with Crippen molar-refractivity contribution >= 4 is 34.7 Å². The first kappa shape index (κ1) is 23.7. The Morgan fingerprint density at radius 3 is 2.41 bits per heavy atom. The van der Waals surface area contributed by atoms with Gasteiger partial charge in [-0.25, -0.2) is 4.68 Å². The number of aromatic nitrogens is 3. The topological polar surface area (TPSA) is 79.1 Å². The Morgan fingerprint density at radius 2 is 1.79 bits per heavy atom. The molecule has 0 saturated carbocycles. The van der Waals surface area contributed by atoms with Crippen LogP contribution in [0.25, 0.3) is 17.0 Å². The van der Waals surface area contributed by atoms with Crippen LogP contribution in [0.5, 0.6) is 0 Å². The van der Waals surface area contributed by atoms with Gasteiger partial charge >= 0.3 is 5.91 Å². The summed E-state index contributed by atoms with van der Waals surface area (Å²) < 4.78 is 3.03. The van der Waals surface area contributed by atoms with Crippen molar-refractivity contribution in [2.45, 2.75) is 41.0 Å². The van der Waals surface area contributed by atoms with Crippen molar-refractivity contribution in [3.8, 4) is 5.69 Å². The summed E-state index contributed by atoms with van der Waals surface area (Å²) in [4.78, 5) is 42.1. The van der Waals surface area contributed by atoms with Crippen molar-refractivity contribution in [1.82, 2.24) is 14.7 Å². The summed E-state index contributed by atoms with van der Waals surface area (Å²) in [5.74, 6) is -0.777. The zero-order valence-electron chi connectivity index (χ0n) is 20.0. The van der Waals surface area contributed by atoms with Gasteiger partial charge in [0.25, 0.3) is 17.2 Å². The van der Waals surface area contributed by atoms with Crippen molar-refractivity contribution in [1.29, 1.82) is 0 Å². The first-order valence-corrected chi connectivity index (χ1v) is 11.7. The van der Waals surface area contributed by atoms with Crippen molar-refractivity contribution in [3.63, 3.8) is 0 Å². The first-order valence-electron chi connectivity index (χ1n) is 11.3. The fraction of sp³-hybridized carbons (Fsp3) is 0.308. The molecule has 0 fully saturated rings. The third kappa shape index (κ3) is 4.01. The van der Waals surface area contributed by atoms with Crippen LogP contribution in [0.3, 0.4) is 0 Å². The van der Waals surface area contributed by atoms with E-state index in [1.54, 1.807) is 35.0 Å². The molecular formula is C26H28ClN4O3+. The molecule has 0 aliphatic carbocycles. The number of imide groups is 1. The quantitative estimate of drug-likeness (QED) is 0.432. The van der Waals surface area contributed by atoms with E-state index in [1.165, 1.54) is 9.58 Å². The summed E-state index contributed by atoms with van der Waals surface area (Å²) in [6.07, 6.45) is 4.05. The molecule has 176 valence electrons. The normalized spacial score (nSPS) is 14.1. The maximum absolute atomic E-state index is 13.7. The van der Waals surface area contributed by atoms with E-state index in [1.807, 2.05) is 46.9 Å². The van der Waals surface area contributed by atoms with E-state index < -0.39 is 17.4 Å². The summed E-state index contributed by atoms with van der Waals surface area (Å²) in [5, 5.41) is 3.61. The number of carbonyl (C=O) groups excluding carboxylic acids is 2. The first-order chi connectivity index (χ1) is 16.1. The molecule has 1 aliphatic heterocycles. The summed E-state index contributed by atoms with van der Waals surface area (Å²) in [6, 6.07) is 8.79. The Kier molecular flexibility index (Phi) is 6.32. The van der Waals surface area contributed by atoms with Gasteiger partial charge in [0.15, 0.2) is 12.4 Å². The molecule has 1 aliphatic rings. The highest BCUT2D eigenvalue weighted by Crippen LogP contribution is 2.31. The van der Waals surface area contributed by atoms with Crippen molar-refractivity contribution in [2.24, 2.45) is 5.92 Å². The maximum Gasteiger partial charge on any atom is 0.326 e. The third-order valence-electron chi connectivity index (χ3n) is 6.02.